The van der Waals surface area contributed by atoms with Crippen LogP contribution in [0.1, 0.15) is 15.4 Å². The third-order valence-corrected chi connectivity index (χ3v) is 3.05. The van der Waals surface area contributed by atoms with Crippen LogP contribution < -0.4 is 5.32 Å². The summed E-state index contributed by atoms with van der Waals surface area (Å²) in [6.07, 6.45) is 0. The van der Waals surface area contributed by atoms with E-state index in [1.54, 1.807) is 13.1 Å². The Morgan fingerprint density at radius 2 is 2.33 bits per heavy atom. The largest absolute Gasteiger partial charge is 0.477 e. The highest BCUT2D eigenvalue weighted by Gasteiger charge is 2.11. The Balaban J connectivity index is 0.00000162. The normalized spacial score (nSPS) is 9.89. The number of halogens is 2. The van der Waals surface area contributed by atoms with Crippen molar-refractivity contribution in [1.82, 2.24) is 9.78 Å². The summed E-state index contributed by atoms with van der Waals surface area (Å²) in [5.41, 5.74) is 0.102. The van der Waals surface area contributed by atoms with Crippen molar-refractivity contribution in [3.8, 4) is 0 Å². The van der Waals surface area contributed by atoms with Crippen LogP contribution in [0.25, 0.3) is 0 Å². The fourth-order valence-corrected chi connectivity index (χ4v) is 2.05. The number of rotatable bonds is 4. The Kier molecular flexibility index (Phi) is 4.69. The summed E-state index contributed by atoms with van der Waals surface area (Å²) >= 11 is 1.04. The molecule has 0 amide bonds. The molecule has 2 aromatic heterocycles. The second-order valence-electron chi connectivity index (χ2n) is 3.40. The van der Waals surface area contributed by atoms with Crippen LogP contribution in [0, 0.1) is 5.13 Å². The Morgan fingerprint density at radius 3 is 2.83 bits per heavy atom. The predicted octanol–water partition coefficient (Wildman–Crippen LogP) is 2.35. The molecule has 0 saturated carbocycles. The van der Waals surface area contributed by atoms with E-state index in [4.69, 9.17) is 5.11 Å². The topological polar surface area (TPSA) is 67.2 Å². The monoisotopic (exact) mass is 291 g/mol. The van der Waals surface area contributed by atoms with Crippen LogP contribution in [-0.4, -0.2) is 20.9 Å². The molecule has 0 unspecified atom stereocenters. The van der Waals surface area contributed by atoms with Gasteiger partial charge in [0.1, 0.15) is 11.5 Å². The molecule has 0 aliphatic rings. The van der Waals surface area contributed by atoms with Gasteiger partial charge in [0, 0.05) is 18.0 Å². The summed E-state index contributed by atoms with van der Waals surface area (Å²) in [6.45, 7) is 0.421. The summed E-state index contributed by atoms with van der Waals surface area (Å²) in [4.78, 5) is 11.6. The van der Waals surface area contributed by atoms with Crippen LogP contribution in [0.5, 0.6) is 0 Å². The van der Waals surface area contributed by atoms with E-state index < -0.39 is 5.97 Å². The molecule has 2 aromatic rings. The molecule has 0 aliphatic carbocycles. The van der Waals surface area contributed by atoms with Crippen molar-refractivity contribution in [2.24, 2.45) is 7.05 Å². The maximum absolute atomic E-state index is 12.7. The number of anilines is 1. The number of hydrogen-bond donors (Lipinski definition) is 2. The van der Waals surface area contributed by atoms with Gasteiger partial charge in [-0.2, -0.15) is 9.49 Å². The predicted molar refractivity (Wildman–Crippen MR) is 69.0 cm³/mol. The highest BCUT2D eigenvalue weighted by Crippen LogP contribution is 2.16. The number of aryl methyl sites for hydroxylation is 1. The van der Waals surface area contributed by atoms with E-state index in [0.29, 0.717) is 12.4 Å². The summed E-state index contributed by atoms with van der Waals surface area (Å²) in [5, 5.41) is 15.5. The molecular formula is C10H11ClFN3O2S. The number of aromatic nitrogens is 2. The molecule has 0 spiro atoms. The van der Waals surface area contributed by atoms with Crippen molar-refractivity contribution in [2.45, 2.75) is 6.54 Å². The first kappa shape index (κ1) is 14.5. The zero-order valence-electron chi connectivity index (χ0n) is 9.38. The van der Waals surface area contributed by atoms with Gasteiger partial charge in [0.15, 0.2) is 5.13 Å². The van der Waals surface area contributed by atoms with Gasteiger partial charge < -0.3 is 10.4 Å². The van der Waals surface area contributed by atoms with Crippen LogP contribution in [0.15, 0.2) is 18.2 Å². The Hall–Kier alpha value is -1.60. The van der Waals surface area contributed by atoms with E-state index in [-0.39, 0.29) is 23.2 Å². The Morgan fingerprint density at radius 1 is 1.61 bits per heavy atom. The van der Waals surface area contributed by atoms with Gasteiger partial charge in [-0.25, -0.2) is 4.79 Å². The van der Waals surface area contributed by atoms with E-state index in [0.717, 1.165) is 16.2 Å². The van der Waals surface area contributed by atoms with Crippen LogP contribution in [0.3, 0.4) is 0 Å². The number of nitrogens with zero attached hydrogens (tertiary/aromatic N) is 2. The van der Waals surface area contributed by atoms with Crippen molar-refractivity contribution in [3.63, 3.8) is 0 Å². The standard InChI is InChI=1S/C10H10FN3O2S.ClH/c1-14-7(10(15)16)4-9(13-14)12-5-6-2-3-8(11)17-6;/h2-4H,5H2,1H3,(H,12,13)(H,15,16);1H. The molecular weight excluding hydrogens is 281 g/mol. The maximum Gasteiger partial charge on any atom is 0.354 e. The third-order valence-electron chi connectivity index (χ3n) is 2.17. The van der Waals surface area contributed by atoms with E-state index in [9.17, 15) is 9.18 Å². The molecule has 0 bridgehead atoms. The number of thiophene rings is 1. The molecule has 18 heavy (non-hydrogen) atoms. The zero-order chi connectivity index (χ0) is 12.4. The number of carboxylic acids is 1. The van der Waals surface area contributed by atoms with Crippen molar-refractivity contribution in [1.29, 1.82) is 0 Å². The van der Waals surface area contributed by atoms with Crippen LogP contribution >= 0.6 is 23.7 Å². The highest BCUT2D eigenvalue weighted by atomic mass is 35.5. The van der Waals surface area contributed by atoms with Crippen molar-refractivity contribution < 1.29 is 14.3 Å². The van der Waals surface area contributed by atoms with Crippen molar-refractivity contribution >= 4 is 35.5 Å². The lowest BCUT2D eigenvalue weighted by Gasteiger charge is -1.98. The van der Waals surface area contributed by atoms with Gasteiger partial charge in [-0.15, -0.1) is 23.7 Å². The lowest BCUT2D eigenvalue weighted by atomic mass is 10.4. The molecule has 98 valence electrons. The summed E-state index contributed by atoms with van der Waals surface area (Å²) in [7, 11) is 1.56. The molecule has 5 nitrogen and oxygen atoms in total. The van der Waals surface area contributed by atoms with E-state index in [1.807, 2.05) is 0 Å². The second-order valence-corrected chi connectivity index (χ2v) is 4.52. The number of nitrogens with one attached hydrogen (secondary N) is 1. The fourth-order valence-electron chi connectivity index (χ4n) is 1.38. The average molecular weight is 292 g/mol. The minimum absolute atomic E-state index is 0. The minimum Gasteiger partial charge on any atom is -0.477 e. The first-order chi connectivity index (χ1) is 8.06. The zero-order valence-corrected chi connectivity index (χ0v) is 11.0. The van der Waals surface area contributed by atoms with Gasteiger partial charge >= 0.3 is 5.97 Å². The third kappa shape index (κ3) is 3.21. The highest BCUT2D eigenvalue weighted by molar-refractivity contribution is 7.10. The van der Waals surface area contributed by atoms with Crippen LogP contribution in [-0.2, 0) is 13.6 Å². The smallest absolute Gasteiger partial charge is 0.354 e. The Labute approximate surface area is 113 Å². The van der Waals surface area contributed by atoms with Gasteiger partial charge in [-0.3, -0.25) is 4.68 Å². The first-order valence-corrected chi connectivity index (χ1v) is 5.63. The molecule has 0 saturated heterocycles. The van der Waals surface area contributed by atoms with E-state index in [2.05, 4.69) is 10.4 Å². The molecule has 8 heteroatoms. The van der Waals surface area contributed by atoms with E-state index >= 15 is 0 Å². The van der Waals surface area contributed by atoms with Crippen molar-refractivity contribution in [2.75, 3.05) is 5.32 Å². The van der Waals surface area contributed by atoms with E-state index in [1.165, 1.54) is 16.8 Å². The molecule has 0 radical (unpaired) electrons. The number of carboxylic acid groups (broad SMARTS) is 1. The number of aromatic carboxylic acids is 1. The maximum atomic E-state index is 12.7. The summed E-state index contributed by atoms with van der Waals surface area (Å²) in [5.74, 6) is -0.575. The average Bonchev–Trinajstić information content (AvgIpc) is 2.82. The molecule has 0 atom stereocenters. The van der Waals surface area contributed by atoms with Crippen molar-refractivity contribution in [3.05, 3.63) is 33.9 Å². The lowest BCUT2D eigenvalue weighted by Crippen LogP contribution is -2.04. The van der Waals surface area contributed by atoms with Crippen LogP contribution in [0.4, 0.5) is 10.2 Å². The first-order valence-electron chi connectivity index (χ1n) is 4.81. The SMILES string of the molecule is Cl.Cn1nc(NCc2ccc(F)s2)cc1C(=O)O. The van der Waals surface area contributed by atoms with Gasteiger partial charge in [-0.05, 0) is 12.1 Å². The van der Waals surface area contributed by atoms with Gasteiger partial charge in [0.05, 0.1) is 6.54 Å². The Bertz CT molecular complexity index is 555. The summed E-state index contributed by atoms with van der Waals surface area (Å²) in [6, 6.07) is 4.50. The number of carbonyl (C=O) groups is 1. The van der Waals surface area contributed by atoms with Gasteiger partial charge in [-0.1, -0.05) is 0 Å². The molecule has 0 aromatic carbocycles. The second kappa shape index (κ2) is 5.83. The minimum atomic E-state index is -1.03. The fraction of sp³-hybridized carbons (Fsp3) is 0.200. The van der Waals surface area contributed by atoms with Gasteiger partial charge in [0.2, 0.25) is 0 Å². The molecule has 0 aliphatic heterocycles. The molecule has 2 heterocycles. The lowest BCUT2D eigenvalue weighted by molar-refractivity contribution is 0.0685. The number of hydrogen-bond acceptors (Lipinski definition) is 4. The quantitative estimate of drug-likeness (QED) is 0.907. The molecule has 0 fully saturated rings. The molecule has 2 rings (SSSR count). The summed E-state index contributed by atoms with van der Waals surface area (Å²) < 4.78 is 14.0. The van der Waals surface area contributed by atoms with Gasteiger partial charge in [0.25, 0.3) is 0 Å². The molecule has 2 N–H and O–H groups in total. The van der Waals surface area contributed by atoms with Crippen LogP contribution in [0.2, 0.25) is 0 Å².